The quantitative estimate of drug-likeness (QED) is 0.883. The molecule has 1 saturated carbocycles. The smallest absolute Gasteiger partial charge is 0.229 e. The first-order valence-electron chi connectivity index (χ1n) is 8.29. The Morgan fingerprint density at radius 2 is 1.74 bits per heavy atom. The standard InChI is InChI=1S/C18H25N5/c1-12(2)16-20-17(22-18(21-16)23(3)4)19-15(14-10-11-14)13-8-6-5-7-9-13/h5-9,12,14-15H,10-11H2,1-4H3,(H,19,20,21,22). The summed E-state index contributed by atoms with van der Waals surface area (Å²) in [6.07, 6.45) is 2.52. The van der Waals surface area contributed by atoms with E-state index in [-0.39, 0.29) is 12.0 Å². The van der Waals surface area contributed by atoms with Crippen LogP contribution in [0.25, 0.3) is 0 Å². The third-order valence-corrected chi connectivity index (χ3v) is 4.09. The van der Waals surface area contributed by atoms with E-state index in [9.17, 15) is 0 Å². The molecule has 1 aliphatic rings. The molecule has 1 unspecified atom stereocenters. The van der Waals surface area contributed by atoms with Crippen molar-refractivity contribution in [2.45, 2.75) is 38.6 Å². The Labute approximate surface area is 138 Å². The average Bonchev–Trinajstić information content (AvgIpc) is 3.38. The molecule has 1 aliphatic carbocycles. The van der Waals surface area contributed by atoms with Crippen molar-refractivity contribution in [3.8, 4) is 0 Å². The molecule has 0 amide bonds. The predicted octanol–water partition coefficient (Wildman–Crippen LogP) is 3.62. The number of hydrogen-bond acceptors (Lipinski definition) is 5. The van der Waals surface area contributed by atoms with E-state index >= 15 is 0 Å². The Morgan fingerprint density at radius 3 is 2.30 bits per heavy atom. The van der Waals surface area contributed by atoms with Gasteiger partial charge in [0, 0.05) is 20.0 Å². The monoisotopic (exact) mass is 311 g/mol. The molecular weight excluding hydrogens is 286 g/mol. The van der Waals surface area contributed by atoms with Gasteiger partial charge in [0.1, 0.15) is 5.82 Å². The van der Waals surface area contributed by atoms with Gasteiger partial charge in [0.2, 0.25) is 11.9 Å². The van der Waals surface area contributed by atoms with Crippen LogP contribution in [0.15, 0.2) is 30.3 Å². The molecule has 23 heavy (non-hydrogen) atoms. The minimum absolute atomic E-state index is 0.272. The Balaban J connectivity index is 1.91. The van der Waals surface area contributed by atoms with Crippen molar-refractivity contribution < 1.29 is 0 Å². The van der Waals surface area contributed by atoms with Crippen LogP contribution in [0.3, 0.4) is 0 Å². The van der Waals surface area contributed by atoms with Gasteiger partial charge < -0.3 is 10.2 Å². The summed E-state index contributed by atoms with van der Waals surface area (Å²) in [6.45, 7) is 4.21. The molecule has 122 valence electrons. The van der Waals surface area contributed by atoms with Crippen LogP contribution in [-0.4, -0.2) is 29.0 Å². The van der Waals surface area contributed by atoms with Gasteiger partial charge in [-0.1, -0.05) is 44.2 Å². The minimum atomic E-state index is 0.272. The van der Waals surface area contributed by atoms with Gasteiger partial charge in [-0.3, -0.25) is 0 Å². The highest BCUT2D eigenvalue weighted by atomic mass is 15.3. The average molecular weight is 311 g/mol. The van der Waals surface area contributed by atoms with Crippen molar-refractivity contribution >= 4 is 11.9 Å². The summed E-state index contributed by atoms with van der Waals surface area (Å²) in [4.78, 5) is 15.7. The van der Waals surface area contributed by atoms with Gasteiger partial charge in [0.05, 0.1) is 6.04 Å². The minimum Gasteiger partial charge on any atom is -0.347 e. The van der Waals surface area contributed by atoms with Crippen molar-refractivity contribution in [1.82, 2.24) is 15.0 Å². The summed E-state index contributed by atoms with van der Waals surface area (Å²) in [6, 6.07) is 10.8. The molecule has 1 N–H and O–H groups in total. The van der Waals surface area contributed by atoms with E-state index in [4.69, 9.17) is 0 Å². The van der Waals surface area contributed by atoms with Crippen LogP contribution in [0.4, 0.5) is 11.9 Å². The second kappa shape index (κ2) is 6.52. The number of rotatable bonds is 6. The Kier molecular flexibility index (Phi) is 4.46. The fourth-order valence-corrected chi connectivity index (χ4v) is 2.61. The van der Waals surface area contributed by atoms with E-state index in [0.29, 0.717) is 17.8 Å². The van der Waals surface area contributed by atoms with Crippen molar-refractivity contribution in [1.29, 1.82) is 0 Å². The maximum Gasteiger partial charge on any atom is 0.229 e. The summed E-state index contributed by atoms with van der Waals surface area (Å²) in [5.74, 6) is 3.14. The van der Waals surface area contributed by atoms with Crippen LogP contribution >= 0.6 is 0 Å². The van der Waals surface area contributed by atoms with Gasteiger partial charge in [0.25, 0.3) is 0 Å². The summed E-state index contributed by atoms with van der Waals surface area (Å²) in [5.41, 5.74) is 1.30. The lowest BCUT2D eigenvalue weighted by Crippen LogP contribution is -2.20. The first-order chi connectivity index (χ1) is 11.0. The summed E-state index contributed by atoms with van der Waals surface area (Å²) in [5, 5.41) is 3.56. The molecule has 2 aromatic rings. The number of nitrogens with zero attached hydrogens (tertiary/aromatic N) is 4. The van der Waals surface area contributed by atoms with Gasteiger partial charge in [-0.05, 0) is 24.3 Å². The third kappa shape index (κ3) is 3.78. The molecule has 1 aromatic heterocycles. The molecule has 0 radical (unpaired) electrons. The van der Waals surface area contributed by atoms with E-state index in [0.717, 1.165) is 5.82 Å². The van der Waals surface area contributed by atoms with Crippen LogP contribution in [0.1, 0.15) is 50.0 Å². The summed E-state index contributed by atoms with van der Waals surface area (Å²) >= 11 is 0. The molecule has 5 heteroatoms. The fraction of sp³-hybridized carbons (Fsp3) is 0.500. The van der Waals surface area contributed by atoms with Crippen LogP contribution in [0.2, 0.25) is 0 Å². The highest BCUT2D eigenvalue weighted by Gasteiger charge is 2.33. The molecule has 3 rings (SSSR count). The van der Waals surface area contributed by atoms with Crippen molar-refractivity contribution in [2.24, 2.45) is 5.92 Å². The molecule has 0 spiro atoms. The molecule has 0 aliphatic heterocycles. The second-order valence-electron chi connectivity index (χ2n) is 6.74. The molecule has 1 heterocycles. The van der Waals surface area contributed by atoms with Gasteiger partial charge in [0.15, 0.2) is 0 Å². The number of aromatic nitrogens is 3. The first-order valence-corrected chi connectivity index (χ1v) is 8.29. The van der Waals surface area contributed by atoms with Crippen LogP contribution in [0, 0.1) is 5.92 Å². The zero-order valence-corrected chi connectivity index (χ0v) is 14.3. The van der Waals surface area contributed by atoms with E-state index < -0.39 is 0 Å². The van der Waals surface area contributed by atoms with E-state index in [1.807, 2.05) is 19.0 Å². The van der Waals surface area contributed by atoms with E-state index in [2.05, 4.69) is 64.4 Å². The maximum absolute atomic E-state index is 4.63. The molecule has 1 aromatic carbocycles. The van der Waals surface area contributed by atoms with Crippen LogP contribution in [0.5, 0.6) is 0 Å². The molecule has 0 saturated heterocycles. The van der Waals surface area contributed by atoms with Gasteiger partial charge >= 0.3 is 0 Å². The second-order valence-corrected chi connectivity index (χ2v) is 6.74. The highest BCUT2D eigenvalue weighted by Crippen LogP contribution is 2.42. The largest absolute Gasteiger partial charge is 0.347 e. The number of benzene rings is 1. The predicted molar refractivity (Wildman–Crippen MR) is 93.8 cm³/mol. The van der Waals surface area contributed by atoms with Gasteiger partial charge in [-0.15, -0.1) is 0 Å². The number of anilines is 2. The fourth-order valence-electron chi connectivity index (χ4n) is 2.61. The lowest BCUT2D eigenvalue weighted by atomic mass is 10.0. The normalized spacial score (nSPS) is 15.5. The molecule has 1 atom stereocenters. The lowest BCUT2D eigenvalue weighted by molar-refractivity contribution is 0.663. The summed E-state index contributed by atoms with van der Waals surface area (Å²) in [7, 11) is 3.91. The molecule has 5 nitrogen and oxygen atoms in total. The SMILES string of the molecule is CC(C)c1nc(NC(c2ccccc2)C2CC2)nc(N(C)C)n1. The number of nitrogens with one attached hydrogen (secondary N) is 1. The van der Waals surface area contributed by atoms with Crippen molar-refractivity contribution in [3.05, 3.63) is 41.7 Å². The summed E-state index contributed by atoms with van der Waals surface area (Å²) < 4.78 is 0. The van der Waals surface area contributed by atoms with Gasteiger partial charge in [-0.25, -0.2) is 0 Å². The van der Waals surface area contributed by atoms with E-state index in [1.54, 1.807) is 0 Å². The van der Waals surface area contributed by atoms with Crippen molar-refractivity contribution in [2.75, 3.05) is 24.3 Å². The molecule has 0 bridgehead atoms. The first kappa shape index (κ1) is 15.7. The Hall–Kier alpha value is -2.17. The zero-order valence-electron chi connectivity index (χ0n) is 14.3. The van der Waals surface area contributed by atoms with Crippen LogP contribution in [-0.2, 0) is 0 Å². The highest BCUT2D eigenvalue weighted by molar-refractivity contribution is 5.39. The molecular formula is C18H25N5. The van der Waals surface area contributed by atoms with Crippen molar-refractivity contribution in [3.63, 3.8) is 0 Å². The zero-order chi connectivity index (χ0) is 16.4. The lowest BCUT2D eigenvalue weighted by Gasteiger charge is -2.21. The molecule has 1 fully saturated rings. The maximum atomic E-state index is 4.63. The third-order valence-electron chi connectivity index (χ3n) is 4.09. The Morgan fingerprint density at radius 1 is 1.04 bits per heavy atom. The number of hydrogen-bond donors (Lipinski definition) is 1. The Bertz CT molecular complexity index is 623. The van der Waals surface area contributed by atoms with Gasteiger partial charge in [-0.2, -0.15) is 15.0 Å². The van der Waals surface area contributed by atoms with E-state index in [1.165, 1.54) is 18.4 Å². The topological polar surface area (TPSA) is 53.9 Å². The van der Waals surface area contributed by atoms with Crippen LogP contribution < -0.4 is 10.2 Å².